The molecule has 2 heterocycles. The van der Waals surface area contributed by atoms with Crippen LogP contribution in [-0.2, 0) is 25.7 Å². The zero-order chi connectivity index (χ0) is 31.1. The Bertz CT molecular complexity index is 1800. The fourth-order valence-electron chi connectivity index (χ4n) is 7.97. The van der Waals surface area contributed by atoms with Gasteiger partial charge in [0.05, 0.1) is 40.4 Å². The molecule has 224 valence electrons. The van der Waals surface area contributed by atoms with Crippen LogP contribution < -0.4 is 4.90 Å². The number of fused-ring (bicyclic) bond motifs is 4. The minimum absolute atomic E-state index is 0.0510. The Morgan fingerprint density at radius 3 is 2.45 bits per heavy atom. The first-order valence-electron chi connectivity index (χ1n) is 14.4. The van der Waals surface area contributed by atoms with Crippen LogP contribution in [0.3, 0.4) is 0 Å². The first kappa shape index (κ1) is 28.9. The molecule has 3 aromatic rings. The molecule has 7 rings (SSSR count). The number of nitrogens with zero attached hydrogens (tertiary/aromatic N) is 2. The van der Waals surface area contributed by atoms with Crippen LogP contribution in [0.15, 0.2) is 82.9 Å². The lowest BCUT2D eigenvalue weighted by atomic mass is 9.51. The van der Waals surface area contributed by atoms with Crippen molar-refractivity contribution in [3.63, 3.8) is 0 Å². The number of rotatable bonds is 4. The Labute approximate surface area is 266 Å². The van der Waals surface area contributed by atoms with Crippen molar-refractivity contribution in [3.8, 4) is 5.75 Å². The van der Waals surface area contributed by atoms with Crippen molar-refractivity contribution in [3.05, 3.63) is 105 Å². The van der Waals surface area contributed by atoms with E-state index in [0.717, 1.165) is 22.1 Å². The summed E-state index contributed by atoms with van der Waals surface area (Å²) in [5, 5.41) is 10.9. The highest BCUT2D eigenvalue weighted by molar-refractivity contribution is 9.10. The Kier molecular flexibility index (Phi) is 6.82. The Morgan fingerprint density at radius 2 is 1.73 bits per heavy atom. The number of hydrogen-bond donors (Lipinski definition) is 1. The van der Waals surface area contributed by atoms with Gasteiger partial charge in [0.2, 0.25) is 23.6 Å². The molecule has 1 N–H and O–H groups in total. The van der Waals surface area contributed by atoms with Crippen LogP contribution in [0.25, 0.3) is 0 Å². The van der Waals surface area contributed by atoms with Crippen molar-refractivity contribution in [2.24, 2.45) is 29.1 Å². The number of phenols is 1. The summed E-state index contributed by atoms with van der Waals surface area (Å²) in [7, 11) is 0. The van der Waals surface area contributed by atoms with Crippen LogP contribution >= 0.6 is 27.5 Å². The second-order valence-electron chi connectivity index (χ2n) is 12.2. The number of hydrogen-bond acceptors (Lipinski definition) is 5. The van der Waals surface area contributed by atoms with Gasteiger partial charge < -0.3 is 5.11 Å². The van der Waals surface area contributed by atoms with E-state index in [2.05, 4.69) is 15.9 Å². The van der Waals surface area contributed by atoms with Gasteiger partial charge in [-0.05, 0) is 67.6 Å². The van der Waals surface area contributed by atoms with Crippen molar-refractivity contribution >= 4 is 56.8 Å². The topological polar surface area (TPSA) is 95.0 Å². The van der Waals surface area contributed by atoms with Crippen LogP contribution in [-0.4, -0.2) is 33.6 Å². The maximum Gasteiger partial charge on any atom is 0.241 e. The predicted octanol–water partition coefficient (Wildman–Crippen LogP) is 6.38. The van der Waals surface area contributed by atoms with Gasteiger partial charge in [0.15, 0.2) is 0 Å². The first-order chi connectivity index (χ1) is 21.0. The summed E-state index contributed by atoms with van der Waals surface area (Å²) >= 11 is 9.54. The van der Waals surface area contributed by atoms with Crippen LogP contribution in [0.1, 0.15) is 36.8 Å². The third-order valence-corrected chi connectivity index (χ3v) is 10.8. The molecular formula is C34H27BrClFN2O5. The number of allylic oxidation sites excluding steroid dienone is 2. The molecule has 0 aromatic heterocycles. The predicted molar refractivity (Wildman–Crippen MR) is 164 cm³/mol. The molecule has 6 unspecified atom stereocenters. The van der Waals surface area contributed by atoms with Gasteiger partial charge >= 0.3 is 0 Å². The van der Waals surface area contributed by atoms with Crippen LogP contribution in [0.2, 0.25) is 5.02 Å². The largest absolute Gasteiger partial charge is 0.508 e. The minimum atomic E-state index is -1.35. The molecule has 0 spiro atoms. The lowest BCUT2D eigenvalue weighted by Crippen LogP contribution is -2.48. The van der Waals surface area contributed by atoms with E-state index < -0.39 is 52.6 Å². The van der Waals surface area contributed by atoms with E-state index in [-0.39, 0.29) is 41.2 Å². The zero-order valence-electron chi connectivity index (χ0n) is 23.5. The molecule has 0 bridgehead atoms. The van der Waals surface area contributed by atoms with Crippen molar-refractivity contribution in [1.29, 1.82) is 0 Å². The maximum atomic E-state index is 14.4. The van der Waals surface area contributed by atoms with Gasteiger partial charge in [-0.3, -0.25) is 24.1 Å². The Balaban J connectivity index is 1.35. The second-order valence-corrected chi connectivity index (χ2v) is 13.5. The lowest BCUT2D eigenvalue weighted by Gasteiger charge is -2.49. The summed E-state index contributed by atoms with van der Waals surface area (Å²) < 4.78 is 14.7. The molecule has 2 saturated heterocycles. The maximum absolute atomic E-state index is 14.4. The molecule has 0 radical (unpaired) electrons. The third-order valence-electron chi connectivity index (χ3n) is 10.0. The molecule has 4 amide bonds. The van der Waals surface area contributed by atoms with Crippen molar-refractivity contribution in [2.45, 2.75) is 32.2 Å². The number of phenolic OH excluding ortho intramolecular Hbond substituents is 1. The number of halogens is 3. The number of carbonyl (C=O) groups excluding carboxylic acids is 4. The lowest BCUT2D eigenvalue weighted by molar-refractivity contribution is -0.141. The fraction of sp³-hybridized carbons (Fsp3) is 0.294. The molecule has 4 aliphatic rings. The molecule has 7 nitrogen and oxygen atoms in total. The quantitative estimate of drug-likeness (QED) is 0.256. The van der Waals surface area contributed by atoms with E-state index in [4.69, 9.17) is 11.6 Å². The number of carbonyl (C=O) groups is 4. The monoisotopic (exact) mass is 676 g/mol. The summed E-state index contributed by atoms with van der Waals surface area (Å²) in [6.07, 6.45) is 2.41. The SMILES string of the molecule is CC12C(=O)N(c3ccc(F)c(Cl)c3)C(=O)C1CC1C(=CCC3C(=O)N(Cc4ccccc4)C(=O)C31)C2c1cc(Br)ccc1O. The molecule has 1 saturated carbocycles. The van der Waals surface area contributed by atoms with Crippen LogP contribution in [0, 0.1) is 34.9 Å². The molecule has 3 aromatic carbocycles. The fourth-order valence-corrected chi connectivity index (χ4v) is 8.53. The summed E-state index contributed by atoms with van der Waals surface area (Å²) in [6.45, 7) is 1.88. The van der Waals surface area contributed by atoms with Gasteiger partial charge in [0.25, 0.3) is 0 Å². The zero-order valence-corrected chi connectivity index (χ0v) is 25.9. The van der Waals surface area contributed by atoms with E-state index in [9.17, 15) is 28.7 Å². The highest BCUT2D eigenvalue weighted by Gasteiger charge is 2.67. The number of anilines is 1. The average Bonchev–Trinajstić information content (AvgIpc) is 3.36. The van der Waals surface area contributed by atoms with Crippen LogP contribution in [0.4, 0.5) is 10.1 Å². The van der Waals surface area contributed by atoms with Gasteiger partial charge in [0.1, 0.15) is 11.6 Å². The van der Waals surface area contributed by atoms with Gasteiger partial charge in [-0.2, -0.15) is 0 Å². The van der Waals surface area contributed by atoms with Gasteiger partial charge in [0, 0.05) is 16.0 Å². The molecule has 3 fully saturated rings. The number of imide groups is 2. The van der Waals surface area contributed by atoms with E-state index in [1.165, 1.54) is 23.1 Å². The number of amides is 4. The molecule has 6 atom stereocenters. The van der Waals surface area contributed by atoms with E-state index in [1.807, 2.05) is 36.4 Å². The van der Waals surface area contributed by atoms with Gasteiger partial charge in [-0.15, -0.1) is 0 Å². The number of benzene rings is 3. The number of likely N-dealkylation sites (tertiary alicyclic amines) is 1. The van der Waals surface area contributed by atoms with Crippen molar-refractivity contribution in [2.75, 3.05) is 4.90 Å². The van der Waals surface area contributed by atoms with E-state index in [1.54, 1.807) is 19.1 Å². The summed E-state index contributed by atoms with van der Waals surface area (Å²) in [4.78, 5) is 58.7. The first-order valence-corrected chi connectivity index (χ1v) is 15.6. The molecule has 44 heavy (non-hydrogen) atoms. The summed E-state index contributed by atoms with van der Waals surface area (Å²) in [5.74, 6) is -5.70. The van der Waals surface area contributed by atoms with E-state index in [0.29, 0.717) is 16.5 Å². The molecule has 2 aliphatic heterocycles. The minimum Gasteiger partial charge on any atom is -0.508 e. The smallest absolute Gasteiger partial charge is 0.241 e. The third kappa shape index (κ3) is 4.12. The van der Waals surface area contributed by atoms with Gasteiger partial charge in [-0.1, -0.05) is 69.5 Å². The highest BCUT2D eigenvalue weighted by Crippen LogP contribution is 2.64. The van der Waals surface area contributed by atoms with E-state index >= 15 is 0 Å². The van der Waals surface area contributed by atoms with Gasteiger partial charge in [-0.25, -0.2) is 9.29 Å². The van der Waals surface area contributed by atoms with Crippen LogP contribution in [0.5, 0.6) is 5.75 Å². The van der Waals surface area contributed by atoms with Crippen molar-refractivity contribution in [1.82, 2.24) is 4.90 Å². The summed E-state index contributed by atoms with van der Waals surface area (Å²) in [6, 6.07) is 17.9. The second kappa shape index (κ2) is 10.4. The molecular weight excluding hydrogens is 651 g/mol. The molecule has 2 aliphatic carbocycles. The summed E-state index contributed by atoms with van der Waals surface area (Å²) in [5.41, 5.74) is 0.844. The average molecular weight is 678 g/mol. The Morgan fingerprint density at radius 1 is 0.977 bits per heavy atom. The standard InChI is InChI=1S/C34H27BrClFN2O5/c1-34-24(31(42)39(33(34)44)19-8-11-26(37)25(36)14-19)15-22-20(29(34)23-13-18(35)7-12-27(23)40)9-10-21-28(22)32(43)38(30(21)41)16-17-5-3-2-4-6-17/h2-9,11-14,21-22,24,28-29,40H,10,15-16H2,1H3. The normalized spacial score (nSPS) is 29.5. The Hall–Kier alpha value is -3.82. The number of aromatic hydroxyl groups is 1. The molecule has 10 heteroatoms. The highest BCUT2D eigenvalue weighted by atomic mass is 79.9. The van der Waals surface area contributed by atoms with Crippen molar-refractivity contribution < 1.29 is 28.7 Å².